The number of methoxy groups -OCH3 is 1. The van der Waals surface area contributed by atoms with Gasteiger partial charge >= 0.3 is 0 Å². The van der Waals surface area contributed by atoms with Gasteiger partial charge in [-0.3, -0.25) is 28.9 Å². The summed E-state index contributed by atoms with van der Waals surface area (Å²) in [5, 5.41) is 22.3. The first kappa shape index (κ1) is 29.2. The molecule has 43 heavy (non-hydrogen) atoms. The highest BCUT2D eigenvalue weighted by Crippen LogP contribution is 2.51. The van der Waals surface area contributed by atoms with Crippen LogP contribution in [-0.4, -0.2) is 95.0 Å². The molecule has 1 aliphatic heterocycles. The number of primary amides is 1. The Bertz CT molecular complexity index is 1560. The number of ketones is 4. The van der Waals surface area contributed by atoms with Crippen LogP contribution in [0.15, 0.2) is 30.3 Å². The Morgan fingerprint density at radius 3 is 2.44 bits per heavy atom. The van der Waals surface area contributed by atoms with Gasteiger partial charge in [0.15, 0.2) is 34.7 Å². The molecule has 2 unspecified atom stereocenters. The Hall–Kier alpha value is -3.93. The zero-order valence-corrected chi connectivity index (χ0v) is 24.2. The minimum Gasteiger partial charge on any atom is -0.507 e. The third kappa shape index (κ3) is 4.57. The van der Waals surface area contributed by atoms with Crippen molar-refractivity contribution in [3.63, 3.8) is 0 Å². The largest absolute Gasteiger partial charge is 0.507 e. The fraction of sp³-hybridized carbons (Fsp3) is 0.469. The molecule has 0 aromatic heterocycles. The number of phenolic OH excluding ortho intramolecular Hbond substituents is 1. The Morgan fingerprint density at radius 1 is 1.05 bits per heavy atom. The van der Waals surface area contributed by atoms with Gasteiger partial charge in [0.25, 0.3) is 0 Å². The Morgan fingerprint density at radius 2 is 1.77 bits per heavy atom. The second-order valence-corrected chi connectivity index (χ2v) is 12.3. The number of piperazine rings is 1. The van der Waals surface area contributed by atoms with Gasteiger partial charge in [-0.25, -0.2) is 0 Å². The molecular formula is C32H35N3O8. The van der Waals surface area contributed by atoms with Crippen LogP contribution in [0, 0.1) is 23.7 Å². The smallest absolute Gasteiger partial charge is 0.235 e. The fourth-order valence-electron chi connectivity index (χ4n) is 7.55. The molecule has 0 bridgehead atoms. The Kier molecular flexibility index (Phi) is 7.22. The number of amides is 1. The van der Waals surface area contributed by atoms with Crippen LogP contribution >= 0.6 is 0 Å². The second kappa shape index (κ2) is 10.7. The summed E-state index contributed by atoms with van der Waals surface area (Å²) in [6.07, 6.45) is -0.102. The van der Waals surface area contributed by atoms with Gasteiger partial charge in [-0.2, -0.15) is 0 Å². The summed E-state index contributed by atoms with van der Waals surface area (Å²) >= 11 is 0. The molecule has 11 nitrogen and oxygen atoms in total. The van der Waals surface area contributed by atoms with Crippen molar-refractivity contribution in [2.75, 3.05) is 40.3 Å². The number of fused-ring (bicyclic) bond motifs is 3. The van der Waals surface area contributed by atoms with Gasteiger partial charge in [0.1, 0.15) is 11.5 Å². The van der Waals surface area contributed by atoms with E-state index in [9.17, 15) is 34.2 Å². The number of phenols is 1. The molecule has 2 saturated carbocycles. The quantitative estimate of drug-likeness (QED) is 0.424. The van der Waals surface area contributed by atoms with Crippen LogP contribution < -0.4 is 10.5 Å². The number of nitrogens with zero attached hydrogens (tertiary/aromatic N) is 2. The number of likely N-dealkylation sites (N-methyl/N-ethyl adjacent to an activating group) is 1. The van der Waals surface area contributed by atoms with E-state index in [0.29, 0.717) is 12.1 Å². The van der Waals surface area contributed by atoms with Crippen LogP contribution in [0.1, 0.15) is 34.3 Å². The minimum atomic E-state index is -2.66. The molecule has 1 saturated heterocycles. The van der Waals surface area contributed by atoms with Crippen LogP contribution in [0.3, 0.4) is 0 Å². The van der Waals surface area contributed by atoms with Gasteiger partial charge in [-0.05, 0) is 60.7 Å². The molecule has 6 rings (SSSR count). The SMILES string of the molecule is COc1ccc(-c2ccc(O)c3c2C[C@H]2C[C@H]4CC(=O)C(C(N)=O)C(=O)[C@@]4(O)C(=O)C2C3=O)cc1CN1CCN(C)CC1. The lowest BCUT2D eigenvalue weighted by molar-refractivity contribution is -0.175. The maximum Gasteiger partial charge on any atom is 0.235 e. The van der Waals surface area contributed by atoms with Crippen LogP contribution in [0.2, 0.25) is 0 Å². The third-order valence-corrected chi connectivity index (χ3v) is 9.87. The van der Waals surface area contributed by atoms with Crippen molar-refractivity contribution >= 4 is 29.0 Å². The number of rotatable bonds is 5. The standard InChI is InChI=1S/C32H35N3O8/c1-34-7-9-35(10-8-34)15-18-11-16(3-6-24(18)43-2)20-4-5-22(36)26-21(20)13-17-12-19-14-23(37)27(31(33)41)30(40)32(19,42)29(39)25(17)28(26)38/h3-6,11,17,19,25,27,36,42H,7-10,12-15H2,1-2H3,(H2,33,41)/t17-,19+,25?,27?,32+/m1/s1. The van der Waals surface area contributed by atoms with E-state index in [-0.39, 0.29) is 30.6 Å². The van der Waals surface area contributed by atoms with Crippen molar-refractivity contribution < 1.29 is 38.9 Å². The van der Waals surface area contributed by atoms with Crippen molar-refractivity contribution in [1.29, 1.82) is 0 Å². The highest BCUT2D eigenvalue weighted by Gasteiger charge is 2.66. The highest BCUT2D eigenvalue weighted by atomic mass is 16.5. The number of ether oxygens (including phenoxy) is 1. The number of carbonyl (C=O) groups excluding carboxylic acids is 5. The van der Waals surface area contributed by atoms with E-state index >= 15 is 0 Å². The molecule has 4 N–H and O–H groups in total. The normalized spacial score (nSPS) is 29.6. The molecule has 2 aromatic carbocycles. The Labute approximate surface area is 248 Å². The van der Waals surface area contributed by atoms with Crippen LogP contribution in [0.4, 0.5) is 0 Å². The topological polar surface area (TPSA) is 168 Å². The number of Topliss-reactive ketones (excluding diaryl/α,β-unsaturated/α-hetero) is 4. The van der Waals surface area contributed by atoms with E-state index in [0.717, 1.165) is 48.6 Å². The van der Waals surface area contributed by atoms with Crippen molar-refractivity contribution in [1.82, 2.24) is 9.80 Å². The minimum absolute atomic E-state index is 0.0172. The van der Waals surface area contributed by atoms with Crippen molar-refractivity contribution in [2.45, 2.75) is 31.4 Å². The van der Waals surface area contributed by atoms with E-state index in [1.165, 1.54) is 6.07 Å². The van der Waals surface area contributed by atoms with Gasteiger partial charge < -0.3 is 25.6 Å². The maximum atomic E-state index is 13.9. The number of aliphatic hydroxyl groups is 1. The lowest BCUT2D eigenvalue weighted by atomic mass is 9.53. The van der Waals surface area contributed by atoms with Gasteiger partial charge in [0, 0.05) is 50.6 Å². The van der Waals surface area contributed by atoms with Gasteiger partial charge in [-0.1, -0.05) is 12.1 Å². The molecule has 3 fully saturated rings. The van der Waals surface area contributed by atoms with Crippen LogP contribution in [0.5, 0.6) is 11.5 Å². The zero-order chi connectivity index (χ0) is 30.8. The zero-order valence-electron chi connectivity index (χ0n) is 24.2. The first-order valence-electron chi connectivity index (χ1n) is 14.6. The lowest BCUT2D eigenvalue weighted by Gasteiger charge is -2.48. The fourth-order valence-corrected chi connectivity index (χ4v) is 7.55. The number of benzene rings is 2. The van der Waals surface area contributed by atoms with Gasteiger partial charge in [0.2, 0.25) is 5.91 Å². The van der Waals surface area contributed by atoms with E-state index < -0.39 is 58.3 Å². The van der Waals surface area contributed by atoms with Crippen molar-refractivity contribution in [3.8, 4) is 22.6 Å². The molecule has 1 amide bonds. The lowest BCUT2D eigenvalue weighted by Crippen LogP contribution is -2.68. The molecule has 3 aliphatic carbocycles. The summed E-state index contributed by atoms with van der Waals surface area (Å²) in [5.41, 5.74) is 5.67. The molecule has 11 heteroatoms. The molecule has 0 spiro atoms. The number of carbonyl (C=O) groups is 5. The van der Waals surface area contributed by atoms with Crippen molar-refractivity contribution in [2.24, 2.45) is 29.4 Å². The average molecular weight is 590 g/mol. The van der Waals surface area contributed by atoms with E-state index in [1.807, 2.05) is 18.2 Å². The molecule has 4 aliphatic rings. The Balaban J connectivity index is 1.38. The van der Waals surface area contributed by atoms with E-state index in [1.54, 1.807) is 13.2 Å². The van der Waals surface area contributed by atoms with E-state index in [4.69, 9.17) is 10.5 Å². The van der Waals surface area contributed by atoms with Crippen LogP contribution in [-0.2, 0) is 32.1 Å². The van der Waals surface area contributed by atoms with E-state index in [2.05, 4.69) is 16.8 Å². The maximum absolute atomic E-state index is 13.9. The summed E-state index contributed by atoms with van der Waals surface area (Å²) in [4.78, 5) is 70.0. The first-order chi connectivity index (χ1) is 20.4. The monoisotopic (exact) mass is 589 g/mol. The predicted octanol–water partition coefficient (Wildman–Crippen LogP) is 0.750. The number of nitrogens with two attached hydrogens (primary N) is 1. The molecule has 1 heterocycles. The van der Waals surface area contributed by atoms with Crippen LogP contribution in [0.25, 0.3) is 11.1 Å². The summed E-state index contributed by atoms with van der Waals surface area (Å²) in [6.45, 7) is 4.45. The molecular weight excluding hydrogens is 554 g/mol. The summed E-state index contributed by atoms with van der Waals surface area (Å²) in [7, 11) is 3.72. The molecule has 0 radical (unpaired) electrons. The van der Waals surface area contributed by atoms with Gasteiger partial charge in [-0.15, -0.1) is 0 Å². The number of hydrogen-bond donors (Lipinski definition) is 3. The average Bonchev–Trinajstić information content (AvgIpc) is 2.96. The first-order valence-corrected chi connectivity index (χ1v) is 14.6. The van der Waals surface area contributed by atoms with Crippen molar-refractivity contribution in [3.05, 3.63) is 47.0 Å². The highest BCUT2D eigenvalue weighted by molar-refractivity contribution is 6.31. The molecule has 2 aromatic rings. The summed E-state index contributed by atoms with van der Waals surface area (Å²) < 4.78 is 5.65. The summed E-state index contributed by atoms with van der Waals surface area (Å²) in [6, 6.07) is 8.95. The number of hydrogen-bond acceptors (Lipinski definition) is 10. The second-order valence-electron chi connectivity index (χ2n) is 12.3. The molecule has 226 valence electrons. The summed E-state index contributed by atoms with van der Waals surface area (Å²) in [5.74, 6) is -9.49. The molecule has 5 atom stereocenters. The predicted molar refractivity (Wildman–Crippen MR) is 153 cm³/mol. The van der Waals surface area contributed by atoms with Gasteiger partial charge in [0.05, 0.1) is 18.6 Å². The number of aromatic hydroxyl groups is 1. The third-order valence-electron chi connectivity index (χ3n) is 9.87.